The van der Waals surface area contributed by atoms with Crippen molar-refractivity contribution in [2.75, 3.05) is 20.8 Å². The van der Waals surface area contributed by atoms with Gasteiger partial charge in [0.25, 0.3) is 0 Å². The van der Waals surface area contributed by atoms with Gasteiger partial charge in [0.1, 0.15) is 18.7 Å². The number of rotatable bonds is 6. The van der Waals surface area contributed by atoms with Gasteiger partial charge in [-0.25, -0.2) is 9.37 Å². The summed E-state index contributed by atoms with van der Waals surface area (Å²) in [5, 5.41) is 4.37. The third kappa shape index (κ3) is 4.92. The number of imidazole rings is 1. The standard InChI is InChI=1S/C26H29FN4O2/c1-18-16-30(17-28-18)24-12-7-20(15-25(24)32-3)14-22-6-5-13-31(26(22)29-33-4)19(2)21-8-10-23(27)11-9-21/h7-12,14-17,19H,5-6,13H2,1-4H3/b22-14+,29-26+. The summed E-state index contributed by atoms with van der Waals surface area (Å²) in [5.41, 5.74) is 5.01. The number of piperidine rings is 1. The van der Waals surface area contributed by atoms with Crippen LogP contribution in [0.15, 0.2) is 65.7 Å². The van der Waals surface area contributed by atoms with Gasteiger partial charge in [-0.2, -0.15) is 0 Å². The molecule has 2 heterocycles. The summed E-state index contributed by atoms with van der Waals surface area (Å²) in [6.07, 6.45) is 7.76. The molecule has 33 heavy (non-hydrogen) atoms. The van der Waals surface area contributed by atoms with Crippen molar-refractivity contribution in [3.05, 3.63) is 83.2 Å². The molecule has 0 aliphatic carbocycles. The first kappa shape index (κ1) is 22.6. The molecule has 1 fully saturated rings. The van der Waals surface area contributed by atoms with Crippen LogP contribution in [-0.2, 0) is 4.84 Å². The van der Waals surface area contributed by atoms with E-state index in [1.54, 1.807) is 20.5 Å². The van der Waals surface area contributed by atoms with Crippen molar-refractivity contribution in [3.63, 3.8) is 0 Å². The summed E-state index contributed by atoms with van der Waals surface area (Å²) in [7, 11) is 3.23. The second kappa shape index (κ2) is 9.90. The van der Waals surface area contributed by atoms with E-state index in [0.29, 0.717) is 0 Å². The molecule has 0 bridgehead atoms. The van der Waals surface area contributed by atoms with Crippen LogP contribution in [0, 0.1) is 12.7 Å². The van der Waals surface area contributed by atoms with Crippen molar-refractivity contribution >= 4 is 11.9 Å². The van der Waals surface area contributed by atoms with Crippen LogP contribution in [0.3, 0.4) is 0 Å². The number of nitrogens with zero attached hydrogens (tertiary/aromatic N) is 4. The van der Waals surface area contributed by atoms with Crippen LogP contribution < -0.4 is 4.74 Å². The summed E-state index contributed by atoms with van der Waals surface area (Å²) in [6, 6.07) is 12.8. The van der Waals surface area contributed by atoms with Crippen LogP contribution >= 0.6 is 0 Å². The van der Waals surface area contributed by atoms with Crippen LogP contribution in [0.25, 0.3) is 11.8 Å². The summed E-state index contributed by atoms with van der Waals surface area (Å²) in [6.45, 7) is 4.91. The number of hydrogen-bond donors (Lipinski definition) is 0. The number of likely N-dealkylation sites (tertiary alicyclic amines) is 1. The molecule has 1 aliphatic heterocycles. The third-order valence-corrected chi connectivity index (χ3v) is 5.94. The molecule has 0 spiro atoms. The predicted octanol–water partition coefficient (Wildman–Crippen LogP) is 5.53. The number of ether oxygens (including phenoxy) is 1. The Morgan fingerprint density at radius 1 is 1.15 bits per heavy atom. The van der Waals surface area contributed by atoms with E-state index < -0.39 is 0 Å². The minimum Gasteiger partial charge on any atom is -0.495 e. The molecule has 0 amide bonds. The van der Waals surface area contributed by atoms with Crippen molar-refractivity contribution in [2.24, 2.45) is 5.16 Å². The number of amidine groups is 1. The molecule has 2 aromatic carbocycles. The topological polar surface area (TPSA) is 51.9 Å². The average Bonchev–Trinajstić information content (AvgIpc) is 3.26. The molecule has 172 valence electrons. The van der Waals surface area contributed by atoms with E-state index in [4.69, 9.17) is 9.57 Å². The fourth-order valence-electron chi connectivity index (χ4n) is 4.23. The van der Waals surface area contributed by atoms with Crippen LogP contribution in [-0.4, -0.2) is 41.1 Å². The molecule has 4 rings (SSSR count). The van der Waals surface area contributed by atoms with Gasteiger partial charge in [-0.15, -0.1) is 0 Å². The smallest absolute Gasteiger partial charge is 0.171 e. The maximum atomic E-state index is 13.4. The van der Waals surface area contributed by atoms with E-state index in [1.165, 1.54) is 12.1 Å². The van der Waals surface area contributed by atoms with Crippen molar-refractivity contribution in [3.8, 4) is 11.4 Å². The molecule has 1 aliphatic rings. The minimum atomic E-state index is -0.237. The zero-order chi connectivity index (χ0) is 23.4. The largest absolute Gasteiger partial charge is 0.495 e. The zero-order valence-electron chi connectivity index (χ0n) is 19.5. The molecule has 0 saturated carbocycles. The minimum absolute atomic E-state index is 0.0320. The van der Waals surface area contributed by atoms with Crippen LogP contribution in [0.5, 0.6) is 5.75 Å². The van der Waals surface area contributed by atoms with Crippen molar-refractivity contribution in [2.45, 2.75) is 32.7 Å². The van der Waals surface area contributed by atoms with E-state index in [2.05, 4.69) is 34.1 Å². The van der Waals surface area contributed by atoms with Gasteiger partial charge >= 0.3 is 0 Å². The first-order chi connectivity index (χ1) is 16.0. The van der Waals surface area contributed by atoms with E-state index in [0.717, 1.165) is 59.1 Å². The number of oxime groups is 1. The molecule has 1 saturated heterocycles. The molecule has 1 unspecified atom stereocenters. The van der Waals surface area contributed by atoms with Crippen molar-refractivity contribution in [1.82, 2.24) is 14.5 Å². The SMILES string of the molecule is CO/N=C1\C(=C\c2ccc(-n3cnc(C)c3)c(OC)c2)CCCN1C(C)c1ccc(F)cc1. The normalized spacial score (nSPS) is 17.4. The summed E-state index contributed by atoms with van der Waals surface area (Å²) in [5.74, 6) is 1.33. The highest BCUT2D eigenvalue weighted by molar-refractivity contribution is 6.02. The molecular weight excluding hydrogens is 419 g/mol. The van der Waals surface area contributed by atoms with E-state index >= 15 is 0 Å². The van der Waals surface area contributed by atoms with Gasteiger partial charge in [0.2, 0.25) is 0 Å². The highest BCUT2D eigenvalue weighted by Gasteiger charge is 2.27. The molecule has 6 nitrogen and oxygen atoms in total. The number of benzene rings is 2. The lowest BCUT2D eigenvalue weighted by Crippen LogP contribution is -2.39. The summed E-state index contributed by atoms with van der Waals surface area (Å²) in [4.78, 5) is 11.7. The van der Waals surface area contributed by atoms with Crippen molar-refractivity contribution in [1.29, 1.82) is 0 Å². The lowest BCUT2D eigenvalue weighted by molar-refractivity contribution is 0.198. The molecule has 1 atom stereocenters. The van der Waals surface area contributed by atoms with E-state index in [-0.39, 0.29) is 11.9 Å². The van der Waals surface area contributed by atoms with E-state index in [1.807, 2.05) is 42.0 Å². The lowest BCUT2D eigenvalue weighted by Gasteiger charge is -2.36. The highest BCUT2D eigenvalue weighted by atomic mass is 19.1. The van der Waals surface area contributed by atoms with Crippen LogP contribution in [0.1, 0.15) is 42.6 Å². The van der Waals surface area contributed by atoms with Gasteiger partial charge in [-0.3, -0.25) is 0 Å². The fourth-order valence-corrected chi connectivity index (χ4v) is 4.23. The van der Waals surface area contributed by atoms with Crippen molar-refractivity contribution < 1.29 is 14.0 Å². The Hall–Kier alpha value is -3.61. The molecule has 0 N–H and O–H groups in total. The van der Waals surface area contributed by atoms with Gasteiger partial charge in [0, 0.05) is 12.7 Å². The van der Waals surface area contributed by atoms with Gasteiger partial charge in [-0.05, 0) is 73.7 Å². The first-order valence-corrected chi connectivity index (χ1v) is 11.0. The molecule has 0 radical (unpaired) electrons. The van der Waals surface area contributed by atoms with Gasteiger partial charge in [0.15, 0.2) is 5.84 Å². The Labute approximate surface area is 194 Å². The first-order valence-electron chi connectivity index (χ1n) is 11.0. The Morgan fingerprint density at radius 3 is 2.61 bits per heavy atom. The fraction of sp³-hybridized carbons (Fsp3) is 0.308. The summed E-state index contributed by atoms with van der Waals surface area (Å²) < 4.78 is 21.0. The van der Waals surface area contributed by atoms with Crippen LogP contribution in [0.2, 0.25) is 0 Å². The second-order valence-electron chi connectivity index (χ2n) is 8.15. The number of aromatic nitrogens is 2. The maximum Gasteiger partial charge on any atom is 0.171 e. The monoisotopic (exact) mass is 448 g/mol. The number of aryl methyl sites for hydroxylation is 1. The molecule has 1 aromatic heterocycles. The Balaban J connectivity index is 1.66. The third-order valence-electron chi connectivity index (χ3n) is 5.94. The van der Waals surface area contributed by atoms with Gasteiger partial charge < -0.3 is 19.0 Å². The quantitative estimate of drug-likeness (QED) is 0.466. The number of methoxy groups -OCH3 is 1. The lowest BCUT2D eigenvalue weighted by atomic mass is 9.97. The van der Waals surface area contributed by atoms with Gasteiger partial charge in [0.05, 0.1) is 30.9 Å². The van der Waals surface area contributed by atoms with E-state index in [9.17, 15) is 4.39 Å². The Kier molecular flexibility index (Phi) is 6.77. The number of hydrogen-bond acceptors (Lipinski definition) is 4. The average molecular weight is 449 g/mol. The highest BCUT2D eigenvalue weighted by Crippen LogP contribution is 2.31. The van der Waals surface area contributed by atoms with Gasteiger partial charge in [-0.1, -0.05) is 23.4 Å². The maximum absolute atomic E-state index is 13.4. The molecule has 7 heteroatoms. The number of halogens is 1. The Morgan fingerprint density at radius 2 is 1.94 bits per heavy atom. The Bertz CT molecular complexity index is 1170. The van der Waals surface area contributed by atoms with Crippen LogP contribution in [0.4, 0.5) is 4.39 Å². The molecule has 3 aromatic rings. The zero-order valence-corrected chi connectivity index (χ0v) is 19.5. The molecular formula is C26H29FN4O2. The summed E-state index contributed by atoms with van der Waals surface area (Å²) >= 11 is 0. The second-order valence-corrected chi connectivity index (χ2v) is 8.15. The predicted molar refractivity (Wildman–Crippen MR) is 128 cm³/mol.